The smallest absolute Gasteiger partial charge is 0.217 e. The second-order valence-corrected chi connectivity index (χ2v) is 4.44. The van der Waals surface area contributed by atoms with Crippen LogP contribution in [0.15, 0.2) is 12.4 Å². The van der Waals surface area contributed by atoms with Gasteiger partial charge in [0.15, 0.2) is 0 Å². The minimum Gasteiger partial charge on any atom is -0.367 e. The van der Waals surface area contributed by atoms with Crippen LogP contribution in [-0.2, 0) is 0 Å². The maximum absolute atomic E-state index is 12.9. The van der Waals surface area contributed by atoms with Crippen LogP contribution in [0.4, 0.5) is 10.2 Å². The second kappa shape index (κ2) is 7.97. The van der Waals surface area contributed by atoms with Gasteiger partial charge in [-0.05, 0) is 39.4 Å². The maximum Gasteiger partial charge on any atom is 0.217 e. The van der Waals surface area contributed by atoms with Crippen molar-refractivity contribution in [2.45, 2.75) is 39.7 Å². The van der Waals surface area contributed by atoms with Crippen molar-refractivity contribution in [2.75, 3.05) is 25.0 Å². The summed E-state index contributed by atoms with van der Waals surface area (Å²) >= 11 is 0. The standard InChI is InChI=1S/C13H23FN4/c1-4-18(5-2)8-6-7-11(3)17-13-9-12(14)15-10-16-13/h9-11H,4-8H2,1-3H3,(H,15,16,17). The van der Waals surface area contributed by atoms with E-state index in [2.05, 4.69) is 41.0 Å². The van der Waals surface area contributed by atoms with Crippen LogP contribution in [0.3, 0.4) is 0 Å². The van der Waals surface area contributed by atoms with Gasteiger partial charge < -0.3 is 10.2 Å². The van der Waals surface area contributed by atoms with Gasteiger partial charge in [0.05, 0.1) is 0 Å². The monoisotopic (exact) mass is 254 g/mol. The zero-order valence-corrected chi connectivity index (χ0v) is 11.5. The molecular formula is C13H23FN4. The Kier molecular flexibility index (Phi) is 6.57. The van der Waals surface area contributed by atoms with Crippen molar-refractivity contribution in [2.24, 2.45) is 0 Å². The van der Waals surface area contributed by atoms with Gasteiger partial charge in [-0.1, -0.05) is 13.8 Å². The molecular weight excluding hydrogens is 231 g/mol. The highest BCUT2D eigenvalue weighted by atomic mass is 19.1. The van der Waals surface area contributed by atoms with Gasteiger partial charge in [0, 0.05) is 12.1 Å². The number of hydrogen-bond acceptors (Lipinski definition) is 4. The van der Waals surface area contributed by atoms with Gasteiger partial charge in [-0.15, -0.1) is 0 Å². The van der Waals surface area contributed by atoms with Gasteiger partial charge >= 0.3 is 0 Å². The minimum absolute atomic E-state index is 0.287. The van der Waals surface area contributed by atoms with Gasteiger partial charge in [0.2, 0.25) is 5.95 Å². The van der Waals surface area contributed by atoms with Crippen LogP contribution in [-0.4, -0.2) is 40.5 Å². The highest BCUT2D eigenvalue weighted by Gasteiger charge is 2.05. The van der Waals surface area contributed by atoms with E-state index in [9.17, 15) is 4.39 Å². The third-order valence-electron chi connectivity index (χ3n) is 3.03. The fourth-order valence-electron chi connectivity index (χ4n) is 1.90. The highest BCUT2D eigenvalue weighted by molar-refractivity contribution is 5.33. The molecule has 5 heteroatoms. The Morgan fingerprint density at radius 2 is 2.06 bits per heavy atom. The van der Waals surface area contributed by atoms with Crippen LogP contribution in [0, 0.1) is 5.95 Å². The zero-order chi connectivity index (χ0) is 13.4. The molecule has 0 bridgehead atoms. The molecule has 1 unspecified atom stereocenters. The first-order valence-corrected chi connectivity index (χ1v) is 6.62. The Morgan fingerprint density at radius 1 is 1.33 bits per heavy atom. The average molecular weight is 254 g/mol. The Labute approximate surface area is 109 Å². The van der Waals surface area contributed by atoms with Gasteiger partial charge in [-0.25, -0.2) is 9.97 Å². The number of nitrogens with zero attached hydrogens (tertiary/aromatic N) is 3. The van der Waals surface area contributed by atoms with Gasteiger partial charge in [-0.3, -0.25) is 0 Å². The molecule has 0 saturated carbocycles. The molecule has 1 atom stereocenters. The van der Waals surface area contributed by atoms with Crippen molar-refractivity contribution in [3.63, 3.8) is 0 Å². The third-order valence-corrected chi connectivity index (χ3v) is 3.03. The molecule has 102 valence electrons. The second-order valence-electron chi connectivity index (χ2n) is 4.44. The van der Waals surface area contributed by atoms with E-state index < -0.39 is 5.95 Å². The Hall–Kier alpha value is -1.23. The molecule has 1 aromatic rings. The summed E-state index contributed by atoms with van der Waals surface area (Å²) in [5.74, 6) is 0.0562. The van der Waals surface area contributed by atoms with Crippen molar-refractivity contribution >= 4 is 5.82 Å². The molecule has 1 aromatic heterocycles. The zero-order valence-electron chi connectivity index (χ0n) is 11.5. The fraction of sp³-hybridized carbons (Fsp3) is 0.692. The van der Waals surface area contributed by atoms with E-state index >= 15 is 0 Å². The minimum atomic E-state index is -0.497. The van der Waals surface area contributed by atoms with E-state index in [-0.39, 0.29) is 6.04 Å². The molecule has 1 N–H and O–H groups in total. The molecule has 0 amide bonds. The van der Waals surface area contributed by atoms with E-state index in [0.29, 0.717) is 5.82 Å². The number of hydrogen-bond donors (Lipinski definition) is 1. The predicted octanol–water partition coefficient (Wildman–Crippen LogP) is 2.54. The first kappa shape index (κ1) is 14.8. The van der Waals surface area contributed by atoms with E-state index in [4.69, 9.17) is 0 Å². The SMILES string of the molecule is CCN(CC)CCCC(C)Nc1cc(F)ncn1. The molecule has 0 spiro atoms. The first-order valence-electron chi connectivity index (χ1n) is 6.62. The van der Waals surface area contributed by atoms with E-state index in [1.54, 1.807) is 0 Å². The van der Waals surface area contributed by atoms with E-state index in [0.717, 1.165) is 32.5 Å². The van der Waals surface area contributed by atoms with Gasteiger partial charge in [0.1, 0.15) is 12.1 Å². The highest BCUT2D eigenvalue weighted by Crippen LogP contribution is 2.08. The lowest BCUT2D eigenvalue weighted by Crippen LogP contribution is -2.25. The van der Waals surface area contributed by atoms with Gasteiger partial charge in [0.25, 0.3) is 0 Å². The van der Waals surface area contributed by atoms with E-state index in [1.807, 2.05) is 0 Å². The van der Waals surface area contributed by atoms with Crippen LogP contribution in [0.5, 0.6) is 0 Å². The summed E-state index contributed by atoms with van der Waals surface area (Å²) in [7, 11) is 0. The lowest BCUT2D eigenvalue weighted by atomic mass is 10.1. The fourth-order valence-corrected chi connectivity index (χ4v) is 1.90. The quantitative estimate of drug-likeness (QED) is 0.724. The van der Waals surface area contributed by atoms with Crippen LogP contribution in [0.1, 0.15) is 33.6 Å². The summed E-state index contributed by atoms with van der Waals surface area (Å²) in [4.78, 5) is 9.81. The van der Waals surface area contributed by atoms with E-state index in [1.165, 1.54) is 12.4 Å². The van der Waals surface area contributed by atoms with Crippen LogP contribution in [0.2, 0.25) is 0 Å². The molecule has 0 aromatic carbocycles. The summed E-state index contributed by atoms with van der Waals surface area (Å²) in [5, 5.41) is 3.18. The van der Waals surface area contributed by atoms with Crippen LogP contribution in [0.25, 0.3) is 0 Å². The van der Waals surface area contributed by atoms with Crippen LogP contribution >= 0.6 is 0 Å². The molecule has 0 aliphatic rings. The Bertz CT molecular complexity index is 342. The number of anilines is 1. The van der Waals surface area contributed by atoms with Crippen molar-refractivity contribution in [1.82, 2.24) is 14.9 Å². The first-order chi connectivity index (χ1) is 8.65. The van der Waals surface area contributed by atoms with Crippen molar-refractivity contribution < 1.29 is 4.39 Å². The molecule has 4 nitrogen and oxygen atoms in total. The summed E-state index contributed by atoms with van der Waals surface area (Å²) in [5.41, 5.74) is 0. The summed E-state index contributed by atoms with van der Waals surface area (Å²) < 4.78 is 12.9. The topological polar surface area (TPSA) is 41.0 Å². The third kappa shape index (κ3) is 5.40. The molecule has 0 aliphatic carbocycles. The average Bonchev–Trinajstić information content (AvgIpc) is 2.34. The van der Waals surface area contributed by atoms with Crippen molar-refractivity contribution in [3.8, 4) is 0 Å². The van der Waals surface area contributed by atoms with Crippen molar-refractivity contribution in [3.05, 3.63) is 18.3 Å². The largest absolute Gasteiger partial charge is 0.367 e. The molecule has 1 rings (SSSR count). The lowest BCUT2D eigenvalue weighted by molar-refractivity contribution is 0.295. The summed E-state index contributed by atoms with van der Waals surface area (Å²) in [6, 6.07) is 1.61. The molecule has 0 fully saturated rings. The van der Waals surface area contributed by atoms with Gasteiger partial charge in [-0.2, -0.15) is 4.39 Å². The molecule has 18 heavy (non-hydrogen) atoms. The summed E-state index contributed by atoms with van der Waals surface area (Å²) in [6.07, 6.45) is 3.41. The lowest BCUT2D eigenvalue weighted by Gasteiger charge is -2.19. The number of halogens is 1. The number of rotatable bonds is 8. The summed E-state index contributed by atoms with van der Waals surface area (Å²) in [6.45, 7) is 9.73. The molecule has 0 radical (unpaired) electrons. The number of aromatic nitrogens is 2. The van der Waals surface area contributed by atoms with Crippen LogP contribution < -0.4 is 5.32 Å². The predicted molar refractivity (Wildman–Crippen MR) is 72.1 cm³/mol. The maximum atomic E-state index is 12.9. The molecule has 0 aliphatic heterocycles. The molecule has 1 heterocycles. The Morgan fingerprint density at radius 3 is 2.67 bits per heavy atom. The molecule has 0 saturated heterocycles. The Balaban J connectivity index is 2.27. The number of nitrogens with one attached hydrogen (secondary N) is 1. The van der Waals surface area contributed by atoms with Crippen molar-refractivity contribution in [1.29, 1.82) is 0 Å². The normalized spacial score (nSPS) is 12.7.